The van der Waals surface area contributed by atoms with Gasteiger partial charge in [-0.05, 0) is 201 Å². The van der Waals surface area contributed by atoms with Crippen LogP contribution in [0.1, 0.15) is 205 Å². The molecule has 2 aliphatic rings. The smallest absolute Gasteiger partial charge is 0.145 e. The Hall–Kier alpha value is -9.38. The molecule has 11 aromatic carbocycles. The van der Waals surface area contributed by atoms with Crippen LogP contribution in [0.2, 0.25) is 0 Å². The normalized spacial score (nSPS) is 15.3. The summed E-state index contributed by atoms with van der Waals surface area (Å²) in [5.41, 5.74) is 25.9. The Morgan fingerprint density at radius 1 is 0.327 bits per heavy atom. The van der Waals surface area contributed by atoms with Crippen molar-refractivity contribution >= 4 is 56.1 Å². The molecule has 1 heterocycles. The number of fused-ring (bicyclic) bond motifs is 11. The van der Waals surface area contributed by atoms with Gasteiger partial charge in [0.1, 0.15) is 22.7 Å². The van der Waals surface area contributed by atoms with Crippen molar-refractivity contribution in [1.82, 2.24) is 0 Å². The van der Waals surface area contributed by atoms with Gasteiger partial charge in [-0.25, -0.2) is 0 Å². The summed E-state index contributed by atoms with van der Waals surface area (Å²) in [6.45, 7) is 46.3. The Bertz CT molecular complexity index is 4890. The van der Waals surface area contributed by atoms with Crippen LogP contribution in [0, 0.1) is 0 Å². The Kier molecular flexibility index (Phi) is 15.5. The maximum Gasteiger partial charge on any atom is 0.145 e. The maximum atomic E-state index is 7.83. The van der Waals surface area contributed by atoms with Gasteiger partial charge in [-0.1, -0.05) is 278 Å². The molecule has 1 aromatic heterocycles. The van der Waals surface area contributed by atoms with Crippen LogP contribution in [-0.4, -0.2) is 0 Å². The zero-order valence-electron chi connectivity index (χ0n) is 61.7. The highest BCUT2D eigenvalue weighted by atomic mass is 16.5. The molecule has 1 atom stereocenters. The molecular formula is C94H98N2O2. The number of rotatable bonds is 10. The van der Waals surface area contributed by atoms with Crippen molar-refractivity contribution in [3.8, 4) is 33.8 Å². The Labute approximate surface area is 584 Å². The van der Waals surface area contributed by atoms with E-state index in [1.807, 2.05) is 0 Å². The highest BCUT2D eigenvalue weighted by Gasteiger charge is 2.54. The lowest BCUT2D eigenvalue weighted by Crippen LogP contribution is -2.30. The predicted octanol–water partition coefficient (Wildman–Crippen LogP) is 26.8. The van der Waals surface area contributed by atoms with E-state index >= 15 is 0 Å². The minimum Gasteiger partial charge on any atom is -0.457 e. The van der Waals surface area contributed by atoms with E-state index in [9.17, 15) is 0 Å². The molecule has 12 aromatic rings. The summed E-state index contributed by atoms with van der Waals surface area (Å²) in [6, 6.07) is 88.0. The van der Waals surface area contributed by atoms with Crippen LogP contribution >= 0.6 is 0 Å². The fraction of sp³-hybridized carbons (Fsp3) is 0.298. The zero-order valence-corrected chi connectivity index (χ0v) is 61.7. The zero-order chi connectivity index (χ0) is 69.6. The summed E-state index contributed by atoms with van der Waals surface area (Å²) in [5.74, 6) is 1.56. The number of ether oxygens (including phenoxy) is 1. The van der Waals surface area contributed by atoms with Crippen LogP contribution in [0.4, 0.5) is 34.1 Å². The summed E-state index contributed by atoms with van der Waals surface area (Å²) >= 11 is 0. The number of hydrogen-bond acceptors (Lipinski definition) is 4. The average molecular weight is 1290 g/mol. The number of furan rings is 1. The van der Waals surface area contributed by atoms with Crippen molar-refractivity contribution in [3.63, 3.8) is 0 Å². The minimum absolute atomic E-state index is 0.00877. The topological polar surface area (TPSA) is 28.9 Å². The quantitative estimate of drug-likeness (QED) is 0.136. The highest BCUT2D eigenvalue weighted by molar-refractivity contribution is 6.20. The fourth-order valence-electron chi connectivity index (χ4n) is 15.7. The van der Waals surface area contributed by atoms with E-state index in [1.165, 1.54) is 66.8 Å². The van der Waals surface area contributed by atoms with Gasteiger partial charge in [-0.2, -0.15) is 0 Å². The number of hydrogen-bond donors (Lipinski definition) is 0. The lowest BCUT2D eigenvalue weighted by Gasteiger charge is -2.37. The van der Waals surface area contributed by atoms with Crippen molar-refractivity contribution < 1.29 is 9.15 Å². The van der Waals surface area contributed by atoms with Crippen molar-refractivity contribution in [2.75, 3.05) is 9.80 Å². The third kappa shape index (κ3) is 11.2. The van der Waals surface area contributed by atoms with Crippen molar-refractivity contribution in [2.45, 2.75) is 182 Å². The molecule has 0 saturated carbocycles. The van der Waals surface area contributed by atoms with Gasteiger partial charge in [-0.15, -0.1) is 0 Å². The van der Waals surface area contributed by atoms with Crippen LogP contribution in [0.25, 0.3) is 44.2 Å². The molecule has 0 aliphatic heterocycles. The molecule has 98 heavy (non-hydrogen) atoms. The molecule has 14 rings (SSSR count). The van der Waals surface area contributed by atoms with Crippen LogP contribution in [0.3, 0.4) is 0 Å². The summed E-state index contributed by atoms with van der Waals surface area (Å²) in [5, 5.41) is 2.13. The van der Waals surface area contributed by atoms with Crippen LogP contribution in [0.15, 0.2) is 235 Å². The Morgan fingerprint density at radius 3 is 1.09 bits per heavy atom. The molecule has 0 fully saturated rings. The van der Waals surface area contributed by atoms with Crippen molar-refractivity contribution in [1.29, 1.82) is 0 Å². The molecule has 0 radical (unpaired) electrons. The SMILES string of the molecule is CC(C)(C)c1ccc(Oc2ccc(C3(c4ccc(C(C)(C)C)cc4)c4cc(N(c5ccc(C(C)(C)C)cc5)c5ccc(C(C)(C)C)cc5)c5c(c4-c4c3cc(N(c3ccc(C(C)(C)C)cc3)c3ccc(C(C)(C)C)cc3)c3c4oc4ccccc43)C(C)(C)c3ccccc3-5)cc2)cc1. The van der Waals surface area contributed by atoms with Crippen LogP contribution in [-0.2, 0) is 43.3 Å². The second-order valence-electron chi connectivity index (χ2n) is 34.7. The van der Waals surface area contributed by atoms with Gasteiger partial charge in [0.25, 0.3) is 0 Å². The van der Waals surface area contributed by atoms with Gasteiger partial charge in [-0.3, -0.25) is 0 Å². The molecule has 4 nitrogen and oxygen atoms in total. The van der Waals surface area contributed by atoms with Gasteiger partial charge < -0.3 is 19.0 Å². The van der Waals surface area contributed by atoms with Crippen LogP contribution < -0.4 is 14.5 Å². The lowest BCUT2D eigenvalue weighted by molar-refractivity contribution is 0.481. The van der Waals surface area contributed by atoms with E-state index in [-0.39, 0.29) is 32.5 Å². The van der Waals surface area contributed by atoms with E-state index in [1.54, 1.807) is 0 Å². The van der Waals surface area contributed by atoms with E-state index in [2.05, 4.69) is 379 Å². The standard InChI is InChI=1S/C94H98N2O2/c1-87(2,3)59-29-31-65(32-30-59)94(66-43-55-72(56-44-66)97-71-53-41-64(42-54-71)92(16,17)18)76-57-78(95(67-45-33-60(34-46-67)88(4,5)6)68-47-35-61(36-48-68)89(7,8)9)81-73-25-21-23-27-75(73)93(19,20)85(81)83(76)84-77(94)58-79(82-74-26-22-24-28-80(74)98-86(82)84)96(69-49-37-62(38-50-69)90(10,11)12)70-51-39-63(40-52-70)91(13,14)15/h21-58H,1-20H3. The summed E-state index contributed by atoms with van der Waals surface area (Å²) in [6.07, 6.45) is 0. The largest absolute Gasteiger partial charge is 0.457 e. The highest BCUT2D eigenvalue weighted by Crippen LogP contribution is 2.68. The second kappa shape index (κ2) is 23.1. The number of anilines is 6. The molecule has 1 unspecified atom stereocenters. The first kappa shape index (κ1) is 65.9. The number of para-hydroxylation sites is 1. The van der Waals surface area contributed by atoms with E-state index in [0.717, 1.165) is 89.8 Å². The second-order valence-corrected chi connectivity index (χ2v) is 34.7. The first-order valence-corrected chi connectivity index (χ1v) is 35.5. The molecular weight excluding hydrogens is 1190 g/mol. The first-order valence-electron chi connectivity index (χ1n) is 35.5. The molecule has 0 N–H and O–H groups in total. The monoisotopic (exact) mass is 1290 g/mol. The van der Waals surface area contributed by atoms with Gasteiger partial charge in [0.05, 0.1) is 22.2 Å². The average Bonchev–Trinajstić information content (AvgIpc) is 1.49. The number of nitrogens with zero attached hydrogens (tertiary/aromatic N) is 2. The molecule has 0 bridgehead atoms. The lowest BCUT2D eigenvalue weighted by atomic mass is 9.66. The molecule has 0 spiro atoms. The van der Waals surface area contributed by atoms with Gasteiger partial charge in [0.15, 0.2) is 0 Å². The fourth-order valence-corrected chi connectivity index (χ4v) is 15.7. The van der Waals surface area contributed by atoms with Gasteiger partial charge in [0, 0.05) is 44.7 Å². The Balaban J connectivity index is 1.17. The van der Waals surface area contributed by atoms with Crippen molar-refractivity contribution in [3.05, 3.63) is 297 Å². The van der Waals surface area contributed by atoms with E-state index < -0.39 is 10.8 Å². The third-order valence-electron chi connectivity index (χ3n) is 21.4. The minimum atomic E-state index is -1.000. The van der Waals surface area contributed by atoms with Gasteiger partial charge >= 0.3 is 0 Å². The molecule has 2 aliphatic carbocycles. The maximum absolute atomic E-state index is 7.83. The van der Waals surface area contributed by atoms with Crippen LogP contribution in [0.5, 0.6) is 11.5 Å². The summed E-state index contributed by atoms with van der Waals surface area (Å²) in [4.78, 5) is 5.09. The van der Waals surface area contributed by atoms with E-state index in [0.29, 0.717) is 0 Å². The molecule has 0 saturated heterocycles. The third-order valence-corrected chi connectivity index (χ3v) is 21.4. The number of benzene rings is 11. The molecule has 4 heteroatoms. The first-order chi connectivity index (χ1) is 46.1. The Morgan fingerprint density at radius 2 is 0.663 bits per heavy atom. The molecule has 496 valence electrons. The predicted molar refractivity (Wildman–Crippen MR) is 417 cm³/mol. The summed E-state index contributed by atoms with van der Waals surface area (Å²) in [7, 11) is 0. The molecule has 0 amide bonds. The van der Waals surface area contributed by atoms with E-state index in [4.69, 9.17) is 9.15 Å². The summed E-state index contributed by atoms with van der Waals surface area (Å²) < 4.78 is 14.7. The van der Waals surface area contributed by atoms with Gasteiger partial charge in [0.2, 0.25) is 0 Å². The van der Waals surface area contributed by atoms with Crippen molar-refractivity contribution in [2.24, 2.45) is 0 Å².